The second-order valence-corrected chi connectivity index (χ2v) is 5.97. The van der Waals surface area contributed by atoms with Crippen LogP contribution in [0.4, 0.5) is 36.8 Å². The number of halogens is 6. The highest BCUT2D eigenvalue weighted by molar-refractivity contribution is 5.85. The Labute approximate surface area is 144 Å². The lowest BCUT2D eigenvalue weighted by Gasteiger charge is -2.17. The number of hydrogen-bond donors (Lipinski definition) is 1. The summed E-state index contributed by atoms with van der Waals surface area (Å²) >= 11 is 0. The molecule has 1 fully saturated rings. The van der Waals surface area contributed by atoms with E-state index in [0.29, 0.717) is 12.1 Å². The highest BCUT2D eigenvalue weighted by atomic mass is 19.4. The molecule has 0 spiro atoms. The molecule has 1 aromatic rings. The Kier molecular flexibility index (Phi) is 5.43. The molecule has 1 unspecified atom stereocenters. The van der Waals surface area contributed by atoms with E-state index in [1.54, 1.807) is 13.8 Å². The number of ether oxygens (including phenoxy) is 3. The molecule has 5 nitrogen and oxygen atoms in total. The van der Waals surface area contributed by atoms with Gasteiger partial charge in [0.15, 0.2) is 5.79 Å². The summed E-state index contributed by atoms with van der Waals surface area (Å²) in [6, 6.07) is 0.728. The molecule has 1 atom stereocenters. The van der Waals surface area contributed by atoms with Crippen LogP contribution in [0.2, 0.25) is 0 Å². The highest BCUT2D eigenvalue weighted by Crippen LogP contribution is 2.37. The lowest BCUT2D eigenvalue weighted by molar-refractivity contribution is -0.143. The van der Waals surface area contributed by atoms with Gasteiger partial charge in [-0.1, -0.05) is 0 Å². The van der Waals surface area contributed by atoms with Crippen molar-refractivity contribution in [3.8, 4) is 0 Å². The van der Waals surface area contributed by atoms with E-state index in [-0.39, 0.29) is 19.3 Å². The minimum atomic E-state index is -5.01. The minimum Gasteiger partial charge on any atom is -0.446 e. The molecule has 1 heterocycles. The summed E-state index contributed by atoms with van der Waals surface area (Å²) in [5.74, 6) is -0.868. The van der Waals surface area contributed by atoms with Crippen LogP contribution < -0.4 is 5.32 Å². The highest BCUT2D eigenvalue weighted by Gasteiger charge is 2.37. The number of alkyl halides is 6. The standard InChI is InChI=1S/C15H15F6NO4/c1-13(2)25-7-11(26-13)6-24-12(23)22-10-4-8(14(16,17)18)3-9(5-10)15(19,20)21/h3-5,11H,6-7H2,1-2H3,(H,22,23). The van der Waals surface area contributed by atoms with Crippen molar-refractivity contribution in [2.24, 2.45) is 0 Å². The molecule has 11 heteroatoms. The Balaban J connectivity index is 2.07. The third-order valence-electron chi connectivity index (χ3n) is 3.30. The van der Waals surface area contributed by atoms with E-state index in [1.165, 1.54) is 0 Å². The van der Waals surface area contributed by atoms with Crippen molar-refractivity contribution in [2.75, 3.05) is 18.5 Å². The molecule has 2 rings (SSSR count). The summed E-state index contributed by atoms with van der Waals surface area (Å²) in [6.07, 6.45) is -11.8. The predicted octanol–water partition coefficient (Wildman–Crippen LogP) is 4.42. The van der Waals surface area contributed by atoms with Crippen molar-refractivity contribution in [1.29, 1.82) is 0 Å². The van der Waals surface area contributed by atoms with Crippen molar-refractivity contribution in [3.63, 3.8) is 0 Å². The largest absolute Gasteiger partial charge is 0.446 e. The summed E-state index contributed by atoms with van der Waals surface area (Å²) in [4.78, 5) is 11.7. The van der Waals surface area contributed by atoms with Gasteiger partial charge in [0, 0.05) is 5.69 Å². The molecular formula is C15H15F6NO4. The number of anilines is 1. The maximum absolute atomic E-state index is 12.8. The Bertz CT molecular complexity index is 639. The van der Waals surface area contributed by atoms with Crippen LogP contribution in [0.3, 0.4) is 0 Å². The maximum Gasteiger partial charge on any atom is 0.416 e. The van der Waals surface area contributed by atoms with Gasteiger partial charge in [-0.3, -0.25) is 5.32 Å². The minimum absolute atomic E-state index is 0.0394. The zero-order valence-corrected chi connectivity index (χ0v) is 13.6. The van der Waals surface area contributed by atoms with Gasteiger partial charge < -0.3 is 14.2 Å². The first-order valence-corrected chi connectivity index (χ1v) is 7.31. The fourth-order valence-corrected chi connectivity index (χ4v) is 2.19. The van der Waals surface area contributed by atoms with E-state index >= 15 is 0 Å². The second kappa shape index (κ2) is 6.95. The first-order valence-electron chi connectivity index (χ1n) is 7.31. The molecule has 0 aromatic heterocycles. The predicted molar refractivity (Wildman–Crippen MR) is 76.3 cm³/mol. The molecule has 0 aliphatic carbocycles. The number of nitrogens with one attached hydrogen (secondary N) is 1. The molecular weight excluding hydrogens is 372 g/mol. The monoisotopic (exact) mass is 387 g/mol. The normalized spacial score (nSPS) is 20.1. The Morgan fingerprint density at radius 2 is 1.69 bits per heavy atom. The summed E-state index contributed by atoms with van der Waals surface area (Å²) < 4.78 is 91.9. The molecule has 1 N–H and O–H groups in total. The van der Waals surface area contributed by atoms with Gasteiger partial charge in [0.2, 0.25) is 0 Å². The van der Waals surface area contributed by atoms with Gasteiger partial charge >= 0.3 is 18.4 Å². The molecule has 0 radical (unpaired) electrons. The zero-order valence-electron chi connectivity index (χ0n) is 13.6. The van der Waals surface area contributed by atoms with Gasteiger partial charge in [0.25, 0.3) is 0 Å². The van der Waals surface area contributed by atoms with Gasteiger partial charge in [0.05, 0.1) is 17.7 Å². The van der Waals surface area contributed by atoms with Crippen molar-refractivity contribution in [3.05, 3.63) is 29.3 Å². The smallest absolute Gasteiger partial charge is 0.416 e. The summed E-state index contributed by atoms with van der Waals surface area (Å²) in [7, 11) is 0. The van der Waals surface area contributed by atoms with Crippen LogP contribution in [-0.4, -0.2) is 31.2 Å². The maximum atomic E-state index is 12.8. The van der Waals surface area contributed by atoms with E-state index in [2.05, 4.69) is 0 Å². The molecule has 1 amide bonds. The Hall–Kier alpha value is -2.01. The topological polar surface area (TPSA) is 56.8 Å². The van der Waals surface area contributed by atoms with E-state index < -0.39 is 47.2 Å². The van der Waals surface area contributed by atoms with Crippen molar-refractivity contribution < 1.29 is 45.3 Å². The van der Waals surface area contributed by atoms with E-state index in [4.69, 9.17) is 14.2 Å². The van der Waals surface area contributed by atoms with Crippen LogP contribution in [0.25, 0.3) is 0 Å². The fraction of sp³-hybridized carbons (Fsp3) is 0.533. The Morgan fingerprint density at radius 1 is 1.15 bits per heavy atom. The van der Waals surface area contributed by atoms with Crippen LogP contribution in [0.5, 0.6) is 0 Å². The molecule has 0 saturated carbocycles. The van der Waals surface area contributed by atoms with Crippen molar-refractivity contribution in [2.45, 2.75) is 38.1 Å². The molecule has 0 bridgehead atoms. The van der Waals surface area contributed by atoms with E-state index in [1.807, 2.05) is 5.32 Å². The first-order chi connectivity index (χ1) is 11.8. The van der Waals surface area contributed by atoms with Gasteiger partial charge in [-0.25, -0.2) is 4.79 Å². The van der Waals surface area contributed by atoms with Crippen molar-refractivity contribution in [1.82, 2.24) is 0 Å². The Morgan fingerprint density at radius 3 is 2.12 bits per heavy atom. The average molecular weight is 387 g/mol. The zero-order chi connectivity index (χ0) is 19.8. The van der Waals surface area contributed by atoms with Gasteiger partial charge in [-0.15, -0.1) is 0 Å². The summed E-state index contributed by atoms with van der Waals surface area (Å²) in [5.41, 5.74) is -3.78. The third kappa shape index (κ3) is 5.49. The molecule has 1 saturated heterocycles. The van der Waals surface area contributed by atoms with E-state index in [9.17, 15) is 31.1 Å². The fourth-order valence-electron chi connectivity index (χ4n) is 2.19. The number of carbonyl (C=O) groups excluding carboxylic acids is 1. The first kappa shape index (κ1) is 20.3. The lowest BCUT2D eigenvalue weighted by Crippen LogP contribution is -2.26. The number of hydrogen-bond acceptors (Lipinski definition) is 4. The summed E-state index contributed by atoms with van der Waals surface area (Å²) in [5, 5.41) is 1.85. The van der Waals surface area contributed by atoms with Crippen LogP contribution >= 0.6 is 0 Å². The molecule has 1 aliphatic heterocycles. The molecule has 1 aliphatic rings. The van der Waals surface area contributed by atoms with E-state index in [0.717, 1.165) is 0 Å². The van der Waals surface area contributed by atoms with Gasteiger partial charge in [-0.2, -0.15) is 26.3 Å². The van der Waals surface area contributed by atoms with Crippen LogP contribution in [0.1, 0.15) is 25.0 Å². The quantitative estimate of drug-likeness (QED) is 0.780. The SMILES string of the molecule is CC1(C)OCC(COC(=O)Nc2cc(C(F)(F)F)cc(C(F)(F)F)c2)O1. The second-order valence-electron chi connectivity index (χ2n) is 5.97. The molecule has 146 valence electrons. The number of benzene rings is 1. The number of carbonyl (C=O) groups is 1. The molecule has 1 aromatic carbocycles. The number of rotatable bonds is 3. The van der Waals surface area contributed by atoms with Gasteiger partial charge in [0.1, 0.15) is 12.7 Å². The number of amides is 1. The van der Waals surface area contributed by atoms with Gasteiger partial charge in [-0.05, 0) is 32.0 Å². The lowest BCUT2D eigenvalue weighted by atomic mass is 10.1. The average Bonchev–Trinajstić information content (AvgIpc) is 2.82. The van der Waals surface area contributed by atoms with Crippen molar-refractivity contribution >= 4 is 11.8 Å². The van der Waals surface area contributed by atoms with Crippen LogP contribution in [0.15, 0.2) is 18.2 Å². The van der Waals surface area contributed by atoms with Crippen LogP contribution in [0, 0.1) is 0 Å². The van der Waals surface area contributed by atoms with Crippen LogP contribution in [-0.2, 0) is 26.6 Å². The summed E-state index contributed by atoms with van der Waals surface area (Å²) in [6.45, 7) is 3.12. The molecule has 26 heavy (non-hydrogen) atoms. The third-order valence-corrected chi connectivity index (χ3v) is 3.30.